The van der Waals surface area contributed by atoms with E-state index >= 15 is 0 Å². The number of allylic oxidation sites excluding steroid dienone is 1. The summed E-state index contributed by atoms with van der Waals surface area (Å²) in [6, 6.07) is 0. The Kier molecular flexibility index (Phi) is 11.4. The van der Waals surface area contributed by atoms with Crippen LogP contribution < -0.4 is 0 Å². The van der Waals surface area contributed by atoms with E-state index in [9.17, 15) is 0 Å². The third kappa shape index (κ3) is 11.7. The summed E-state index contributed by atoms with van der Waals surface area (Å²) in [5.74, 6) is 0. The van der Waals surface area contributed by atoms with Crippen molar-refractivity contribution in [1.82, 2.24) is 0 Å². The molecule has 0 amide bonds. The van der Waals surface area contributed by atoms with Gasteiger partial charge >= 0.3 is 0 Å². The van der Waals surface area contributed by atoms with Gasteiger partial charge in [-0.3, -0.25) is 0 Å². The van der Waals surface area contributed by atoms with Gasteiger partial charge in [-0.2, -0.15) is 0 Å². The highest BCUT2D eigenvalue weighted by Crippen LogP contribution is 1.99. The van der Waals surface area contributed by atoms with Crippen LogP contribution in [0, 0.1) is 0 Å². The highest BCUT2D eigenvalue weighted by Gasteiger charge is 1.83. The smallest absolute Gasteiger partial charge is 0.0647 e. The molecule has 1 nitrogen and oxygen atoms in total. The summed E-state index contributed by atoms with van der Waals surface area (Å²) in [5.41, 5.74) is 0. The van der Waals surface area contributed by atoms with Gasteiger partial charge in [0.2, 0.25) is 0 Å². The van der Waals surface area contributed by atoms with Gasteiger partial charge in [-0.25, -0.2) is 0 Å². The molecular formula is C12H24O. The van der Waals surface area contributed by atoms with Crippen molar-refractivity contribution in [1.29, 1.82) is 0 Å². The van der Waals surface area contributed by atoms with E-state index in [2.05, 4.69) is 26.0 Å². The van der Waals surface area contributed by atoms with E-state index in [0.717, 1.165) is 13.2 Å². The van der Waals surface area contributed by atoms with Crippen LogP contribution in [0.15, 0.2) is 12.2 Å². The minimum Gasteiger partial charge on any atom is -0.377 e. The van der Waals surface area contributed by atoms with Crippen LogP contribution in [0.1, 0.15) is 52.4 Å². The summed E-state index contributed by atoms with van der Waals surface area (Å²) < 4.78 is 5.39. The van der Waals surface area contributed by atoms with Crippen LogP contribution in [0.3, 0.4) is 0 Å². The highest BCUT2D eigenvalue weighted by atomic mass is 16.5. The summed E-state index contributed by atoms with van der Waals surface area (Å²) in [5, 5.41) is 0. The predicted octanol–water partition coefficient (Wildman–Crippen LogP) is 3.94. The van der Waals surface area contributed by atoms with Crippen molar-refractivity contribution >= 4 is 0 Å². The maximum absolute atomic E-state index is 5.39. The van der Waals surface area contributed by atoms with E-state index in [4.69, 9.17) is 4.74 Å². The van der Waals surface area contributed by atoms with Gasteiger partial charge in [0.25, 0.3) is 0 Å². The van der Waals surface area contributed by atoms with Gasteiger partial charge in [0, 0.05) is 6.61 Å². The fraction of sp³-hybridized carbons (Fsp3) is 0.833. The molecule has 0 saturated heterocycles. The zero-order chi connectivity index (χ0) is 9.78. The SMILES string of the molecule is CCCCC/C=C/COCCCC. The van der Waals surface area contributed by atoms with E-state index in [1.54, 1.807) is 0 Å². The molecule has 0 unspecified atom stereocenters. The standard InChI is InChI=1S/C12H24O/c1-3-5-7-8-9-10-12-13-11-6-4-2/h9-10H,3-8,11-12H2,1-2H3/b10-9+. The Hall–Kier alpha value is -0.300. The lowest BCUT2D eigenvalue weighted by molar-refractivity contribution is 0.159. The number of rotatable bonds is 9. The van der Waals surface area contributed by atoms with Crippen LogP contribution in [0.25, 0.3) is 0 Å². The van der Waals surface area contributed by atoms with E-state index in [-0.39, 0.29) is 0 Å². The minimum absolute atomic E-state index is 0.798. The molecule has 78 valence electrons. The fourth-order valence-electron chi connectivity index (χ4n) is 1.10. The number of hydrogen-bond donors (Lipinski definition) is 0. The van der Waals surface area contributed by atoms with Gasteiger partial charge in [0.1, 0.15) is 0 Å². The van der Waals surface area contributed by atoms with E-state index < -0.39 is 0 Å². The average molecular weight is 184 g/mol. The molecule has 0 aromatic rings. The number of ether oxygens (including phenoxy) is 1. The Morgan fingerprint density at radius 3 is 2.38 bits per heavy atom. The summed E-state index contributed by atoms with van der Waals surface area (Å²) in [4.78, 5) is 0. The van der Waals surface area contributed by atoms with Gasteiger partial charge in [0.05, 0.1) is 6.61 Å². The first-order valence-electron chi connectivity index (χ1n) is 5.64. The molecular weight excluding hydrogens is 160 g/mol. The molecule has 1 heteroatoms. The molecule has 0 atom stereocenters. The van der Waals surface area contributed by atoms with Crippen LogP contribution in [0.2, 0.25) is 0 Å². The lowest BCUT2D eigenvalue weighted by atomic mass is 10.2. The second-order valence-electron chi connectivity index (χ2n) is 3.40. The monoisotopic (exact) mass is 184 g/mol. The van der Waals surface area contributed by atoms with Crippen molar-refractivity contribution < 1.29 is 4.74 Å². The van der Waals surface area contributed by atoms with Crippen LogP contribution >= 0.6 is 0 Å². The van der Waals surface area contributed by atoms with Crippen molar-refractivity contribution in [3.63, 3.8) is 0 Å². The van der Waals surface area contributed by atoms with E-state index in [1.807, 2.05) is 0 Å². The average Bonchev–Trinajstić information content (AvgIpc) is 2.16. The summed E-state index contributed by atoms with van der Waals surface area (Å²) in [7, 11) is 0. The Morgan fingerprint density at radius 1 is 0.923 bits per heavy atom. The van der Waals surface area contributed by atoms with Crippen LogP contribution in [-0.2, 0) is 4.74 Å². The highest BCUT2D eigenvalue weighted by molar-refractivity contribution is 4.81. The fourth-order valence-corrected chi connectivity index (χ4v) is 1.10. The second-order valence-corrected chi connectivity index (χ2v) is 3.40. The van der Waals surface area contributed by atoms with Gasteiger partial charge < -0.3 is 4.74 Å². The molecule has 0 N–H and O–H groups in total. The van der Waals surface area contributed by atoms with Crippen LogP contribution in [0.4, 0.5) is 0 Å². The lowest BCUT2D eigenvalue weighted by Crippen LogP contribution is -1.92. The summed E-state index contributed by atoms with van der Waals surface area (Å²) in [6.45, 7) is 6.13. The maximum atomic E-state index is 5.39. The molecule has 0 aromatic heterocycles. The molecule has 0 aliphatic heterocycles. The van der Waals surface area contributed by atoms with Gasteiger partial charge in [0.15, 0.2) is 0 Å². The Bertz CT molecular complexity index is 108. The normalized spacial score (nSPS) is 11.2. The number of unbranched alkanes of at least 4 members (excludes halogenated alkanes) is 4. The molecule has 0 aromatic carbocycles. The van der Waals surface area contributed by atoms with Gasteiger partial charge in [-0.05, 0) is 19.3 Å². The first-order chi connectivity index (χ1) is 6.41. The molecule has 0 bridgehead atoms. The molecule has 0 aliphatic rings. The van der Waals surface area contributed by atoms with Crippen molar-refractivity contribution in [2.75, 3.05) is 13.2 Å². The zero-order valence-electron chi connectivity index (χ0n) is 9.22. The largest absolute Gasteiger partial charge is 0.377 e. The third-order valence-corrected chi connectivity index (χ3v) is 2.00. The maximum Gasteiger partial charge on any atom is 0.0647 e. The van der Waals surface area contributed by atoms with Crippen LogP contribution in [0.5, 0.6) is 0 Å². The topological polar surface area (TPSA) is 9.23 Å². The Balaban J connectivity index is 2.95. The quantitative estimate of drug-likeness (QED) is 0.389. The van der Waals surface area contributed by atoms with E-state index in [0.29, 0.717) is 0 Å². The van der Waals surface area contributed by atoms with Crippen molar-refractivity contribution in [3.05, 3.63) is 12.2 Å². The molecule has 0 heterocycles. The predicted molar refractivity (Wildman–Crippen MR) is 59.0 cm³/mol. The molecule has 0 aliphatic carbocycles. The summed E-state index contributed by atoms with van der Waals surface area (Å²) >= 11 is 0. The van der Waals surface area contributed by atoms with Gasteiger partial charge in [-0.15, -0.1) is 0 Å². The minimum atomic E-state index is 0.798. The van der Waals surface area contributed by atoms with Crippen LogP contribution in [-0.4, -0.2) is 13.2 Å². The molecule has 0 spiro atoms. The van der Waals surface area contributed by atoms with Crippen molar-refractivity contribution in [2.45, 2.75) is 52.4 Å². The Labute approximate surface area is 83.2 Å². The van der Waals surface area contributed by atoms with Crippen molar-refractivity contribution in [3.8, 4) is 0 Å². The third-order valence-electron chi connectivity index (χ3n) is 2.00. The van der Waals surface area contributed by atoms with E-state index in [1.165, 1.54) is 38.5 Å². The molecule has 13 heavy (non-hydrogen) atoms. The van der Waals surface area contributed by atoms with Crippen molar-refractivity contribution in [2.24, 2.45) is 0 Å². The Morgan fingerprint density at radius 2 is 1.69 bits per heavy atom. The number of hydrogen-bond acceptors (Lipinski definition) is 1. The molecule has 0 rings (SSSR count). The lowest BCUT2D eigenvalue weighted by Gasteiger charge is -1.97. The van der Waals surface area contributed by atoms with Gasteiger partial charge in [-0.1, -0.05) is 45.3 Å². The molecule has 0 saturated carbocycles. The first kappa shape index (κ1) is 12.7. The first-order valence-corrected chi connectivity index (χ1v) is 5.64. The second kappa shape index (κ2) is 11.7. The molecule has 0 radical (unpaired) electrons. The zero-order valence-corrected chi connectivity index (χ0v) is 9.22. The summed E-state index contributed by atoms with van der Waals surface area (Å²) in [6.07, 6.45) is 12.0. The molecule has 0 fully saturated rings.